The van der Waals surface area contributed by atoms with Crippen molar-refractivity contribution >= 4 is 0 Å². The van der Waals surface area contributed by atoms with Crippen LogP contribution in [0.2, 0.25) is 0 Å². The zero-order chi connectivity index (χ0) is 16.6. The van der Waals surface area contributed by atoms with Gasteiger partial charge in [0.1, 0.15) is 5.82 Å². The number of rotatable bonds is 2. The Morgan fingerprint density at radius 3 is 2.12 bits per heavy atom. The molecule has 1 heterocycles. The molecule has 0 amide bonds. The zero-order valence-corrected chi connectivity index (χ0v) is 17.1. The molecule has 0 unspecified atom stereocenters. The van der Waals surface area contributed by atoms with E-state index >= 15 is 0 Å². The molecule has 4 heteroatoms. The molecule has 3 nitrogen and oxygen atoms in total. The molecule has 0 N–H and O–H groups in total. The van der Waals surface area contributed by atoms with E-state index in [1.165, 1.54) is 11.1 Å². The van der Waals surface area contributed by atoms with E-state index in [1.807, 2.05) is 24.3 Å². The van der Waals surface area contributed by atoms with Crippen LogP contribution < -0.4 is 0 Å². The van der Waals surface area contributed by atoms with Crippen LogP contribution in [0.4, 0.5) is 0 Å². The fourth-order valence-corrected chi connectivity index (χ4v) is 2.85. The number of aryl methyl sites for hydroxylation is 2. The average molecular weight is 497 g/mol. The van der Waals surface area contributed by atoms with Crippen molar-refractivity contribution in [3.63, 3.8) is 0 Å². The Morgan fingerprint density at radius 1 is 0.917 bits per heavy atom. The molecule has 0 saturated heterocycles. The van der Waals surface area contributed by atoms with Gasteiger partial charge in [-0.05, 0) is 25.0 Å². The normalized spacial score (nSPS) is 11.2. The Hall–Kier alpha value is -1.77. The third kappa shape index (κ3) is 3.35. The summed E-state index contributed by atoms with van der Waals surface area (Å²) in [5.41, 5.74) is 4.45. The van der Waals surface area contributed by atoms with Gasteiger partial charge in [0.2, 0.25) is 0 Å². The molecule has 1 radical (unpaired) electrons. The fraction of sp³-hybridized carbons (Fsp3) is 0.300. The molecular weight excluding hydrogens is 474 g/mol. The minimum Gasteiger partial charge on any atom is -0.319 e. The summed E-state index contributed by atoms with van der Waals surface area (Å²) >= 11 is 0. The predicted octanol–water partition coefficient (Wildman–Crippen LogP) is 4.65. The van der Waals surface area contributed by atoms with Gasteiger partial charge in [-0.3, -0.25) is 0 Å². The third-order valence-electron chi connectivity index (χ3n) is 3.95. The first-order valence-corrected chi connectivity index (χ1v) is 7.89. The van der Waals surface area contributed by atoms with Gasteiger partial charge in [-0.15, -0.1) is 41.0 Å². The molecule has 0 bridgehead atoms. The molecule has 24 heavy (non-hydrogen) atoms. The van der Waals surface area contributed by atoms with Gasteiger partial charge in [-0.1, -0.05) is 39.0 Å². The second-order valence-electron chi connectivity index (χ2n) is 6.95. The number of aromatic nitrogens is 3. The monoisotopic (exact) mass is 497 g/mol. The van der Waals surface area contributed by atoms with Crippen LogP contribution in [0.3, 0.4) is 0 Å². The van der Waals surface area contributed by atoms with Crippen LogP contribution in [0.25, 0.3) is 17.1 Å². The maximum atomic E-state index is 4.52. The summed E-state index contributed by atoms with van der Waals surface area (Å²) in [7, 11) is 0. The van der Waals surface area contributed by atoms with Crippen LogP contribution in [0, 0.1) is 19.9 Å². The van der Waals surface area contributed by atoms with Gasteiger partial charge in [-0.2, -0.15) is 5.10 Å². The summed E-state index contributed by atoms with van der Waals surface area (Å²) in [4.78, 5) is 0. The van der Waals surface area contributed by atoms with E-state index in [4.69, 9.17) is 0 Å². The molecule has 3 rings (SSSR count). The van der Waals surface area contributed by atoms with Crippen LogP contribution in [0.15, 0.2) is 42.5 Å². The van der Waals surface area contributed by atoms with Crippen molar-refractivity contribution in [1.82, 2.24) is 14.8 Å². The summed E-state index contributed by atoms with van der Waals surface area (Å²) in [6.45, 7) is 10.8. The van der Waals surface area contributed by atoms with Crippen LogP contribution in [-0.2, 0) is 25.5 Å². The number of hydrogen-bond acceptors (Lipinski definition) is 2. The van der Waals surface area contributed by atoms with E-state index in [0.29, 0.717) is 0 Å². The number of nitrogens with zero attached hydrogens (tertiary/aromatic N) is 3. The SMILES string of the molecule is Cc1cccc(C)c1-n1c(-c2[c-]cccc2)nnc1C(C)(C)C.[Ir]. The molecule has 0 saturated carbocycles. The first kappa shape index (κ1) is 18.6. The van der Waals surface area contributed by atoms with Gasteiger partial charge in [0.05, 0.1) is 5.82 Å². The van der Waals surface area contributed by atoms with Crippen LogP contribution in [-0.4, -0.2) is 14.8 Å². The number of hydrogen-bond donors (Lipinski definition) is 0. The molecule has 127 valence electrons. The average Bonchev–Trinajstić information content (AvgIpc) is 2.93. The summed E-state index contributed by atoms with van der Waals surface area (Å²) in [5, 5.41) is 9.01. The molecule has 0 aliphatic rings. The van der Waals surface area contributed by atoms with E-state index in [0.717, 1.165) is 22.9 Å². The topological polar surface area (TPSA) is 30.7 Å². The van der Waals surface area contributed by atoms with Crippen LogP contribution >= 0.6 is 0 Å². The maximum Gasteiger partial charge on any atom is 0.133 e. The molecule has 2 aromatic carbocycles. The van der Waals surface area contributed by atoms with Crippen molar-refractivity contribution in [1.29, 1.82) is 0 Å². The summed E-state index contributed by atoms with van der Waals surface area (Å²) in [6.07, 6.45) is 0. The molecule has 0 aliphatic carbocycles. The number of para-hydroxylation sites is 1. The fourth-order valence-electron chi connectivity index (χ4n) is 2.85. The van der Waals surface area contributed by atoms with Gasteiger partial charge in [0.25, 0.3) is 0 Å². The second-order valence-corrected chi connectivity index (χ2v) is 6.95. The Morgan fingerprint density at radius 2 is 1.58 bits per heavy atom. The van der Waals surface area contributed by atoms with Crippen LogP contribution in [0.1, 0.15) is 37.7 Å². The Labute approximate surface area is 157 Å². The minimum atomic E-state index is -0.102. The first-order valence-electron chi connectivity index (χ1n) is 7.89. The first-order chi connectivity index (χ1) is 10.9. The van der Waals surface area contributed by atoms with E-state index in [1.54, 1.807) is 0 Å². The standard InChI is InChI=1S/C20H22N3.Ir/c1-14-10-9-11-15(2)17(14)23-18(16-12-7-6-8-13-16)21-22-19(23)20(3,4)5;/h6-12H,1-5H3;/q-1;. The minimum absolute atomic E-state index is 0. The van der Waals surface area contributed by atoms with Gasteiger partial charge >= 0.3 is 0 Å². The largest absolute Gasteiger partial charge is 0.319 e. The zero-order valence-electron chi connectivity index (χ0n) is 14.7. The molecule has 0 aliphatic heterocycles. The summed E-state index contributed by atoms with van der Waals surface area (Å²) < 4.78 is 2.19. The second kappa shape index (κ2) is 7.00. The molecule has 1 aromatic heterocycles. The molecule has 0 spiro atoms. The van der Waals surface area contributed by atoms with E-state index < -0.39 is 0 Å². The van der Waals surface area contributed by atoms with Crippen molar-refractivity contribution in [3.05, 3.63) is 65.5 Å². The van der Waals surface area contributed by atoms with Crippen LogP contribution in [0.5, 0.6) is 0 Å². The Balaban J connectivity index is 0.00000208. The Bertz CT molecular complexity index is 810. The van der Waals surface area contributed by atoms with Gasteiger partial charge in [0, 0.05) is 31.2 Å². The van der Waals surface area contributed by atoms with Crippen molar-refractivity contribution in [3.8, 4) is 17.1 Å². The van der Waals surface area contributed by atoms with Crippen molar-refractivity contribution in [2.24, 2.45) is 0 Å². The van der Waals surface area contributed by atoms with E-state index in [9.17, 15) is 0 Å². The quantitative estimate of drug-likeness (QED) is 0.484. The smallest absolute Gasteiger partial charge is 0.133 e. The Kier molecular flexibility index (Phi) is 5.42. The van der Waals surface area contributed by atoms with Gasteiger partial charge in [-0.25, -0.2) is 0 Å². The molecule has 3 aromatic rings. The third-order valence-corrected chi connectivity index (χ3v) is 3.95. The predicted molar refractivity (Wildman–Crippen MR) is 93.8 cm³/mol. The van der Waals surface area contributed by atoms with Crippen molar-refractivity contribution < 1.29 is 20.1 Å². The molecule has 0 fully saturated rings. The molecular formula is C20H22IrN3-. The van der Waals surface area contributed by atoms with E-state index in [2.05, 4.69) is 73.6 Å². The summed E-state index contributed by atoms with van der Waals surface area (Å²) in [5.74, 6) is 1.80. The molecule has 0 atom stereocenters. The van der Waals surface area contributed by atoms with Crippen molar-refractivity contribution in [2.45, 2.75) is 40.0 Å². The van der Waals surface area contributed by atoms with Gasteiger partial charge in [0.15, 0.2) is 0 Å². The van der Waals surface area contributed by atoms with Gasteiger partial charge < -0.3 is 4.57 Å². The summed E-state index contributed by atoms with van der Waals surface area (Å²) in [6, 6.07) is 17.5. The van der Waals surface area contributed by atoms with Crippen molar-refractivity contribution in [2.75, 3.05) is 0 Å². The van der Waals surface area contributed by atoms with E-state index in [-0.39, 0.29) is 25.5 Å². The maximum absolute atomic E-state index is 4.52. The number of benzene rings is 2.